The largest absolute Gasteiger partial charge is 0.493 e. The second kappa shape index (κ2) is 5.53. The normalized spacial score (nSPS) is 9.29. The van der Waals surface area contributed by atoms with E-state index in [0.717, 1.165) is 30.0 Å². The minimum Gasteiger partial charge on any atom is -0.493 e. The topological polar surface area (TPSA) is 21.6 Å². The second-order valence-corrected chi connectivity index (χ2v) is 3.18. The summed E-state index contributed by atoms with van der Waals surface area (Å²) in [5, 5.41) is 2.34. The summed E-state index contributed by atoms with van der Waals surface area (Å²) in [4.78, 5) is 3.90. The fraction of sp³-hybridized carbons (Fsp3) is 0.364. The van der Waals surface area contributed by atoms with Crippen LogP contribution in [0.4, 0.5) is 5.69 Å². The smallest absolute Gasteiger partial charge is 0.124 e. The molecule has 0 heterocycles. The Morgan fingerprint density at radius 2 is 2.29 bits per heavy atom. The molecule has 0 aliphatic heterocycles. The minimum atomic E-state index is 0.728. The molecule has 0 spiro atoms. The zero-order chi connectivity index (χ0) is 10.4. The average molecular weight is 207 g/mol. The van der Waals surface area contributed by atoms with E-state index >= 15 is 0 Å². The summed E-state index contributed by atoms with van der Waals surface area (Å²) in [7, 11) is 0. The van der Waals surface area contributed by atoms with Crippen molar-refractivity contribution in [1.29, 1.82) is 0 Å². The number of benzene rings is 1. The molecule has 0 unspecified atom stereocenters. The lowest BCUT2D eigenvalue weighted by Gasteiger charge is -2.07. The number of aryl methyl sites for hydroxylation is 1. The van der Waals surface area contributed by atoms with Crippen molar-refractivity contribution < 1.29 is 4.74 Å². The fourth-order valence-electron chi connectivity index (χ4n) is 1.08. The highest BCUT2D eigenvalue weighted by atomic mass is 32.1. The Hall–Kier alpha value is -1.18. The first-order chi connectivity index (χ1) is 6.77. The van der Waals surface area contributed by atoms with Gasteiger partial charge in [-0.05, 0) is 37.2 Å². The number of ether oxygens (including phenoxy) is 1. The number of hydrogen-bond acceptors (Lipinski definition) is 3. The van der Waals surface area contributed by atoms with E-state index in [9.17, 15) is 0 Å². The molecule has 1 aromatic rings. The minimum absolute atomic E-state index is 0.728. The number of nitrogens with zero attached hydrogens (tertiary/aromatic N) is 1. The number of hydrogen-bond donors (Lipinski definition) is 0. The molecule has 0 atom stereocenters. The van der Waals surface area contributed by atoms with Crippen LogP contribution in [-0.2, 0) is 0 Å². The van der Waals surface area contributed by atoms with Crippen molar-refractivity contribution in [2.75, 3.05) is 6.61 Å². The van der Waals surface area contributed by atoms with Gasteiger partial charge in [-0.15, -0.1) is 0 Å². The molecule has 0 fully saturated rings. The number of rotatable bonds is 4. The third kappa shape index (κ3) is 2.95. The maximum absolute atomic E-state index is 5.55. The van der Waals surface area contributed by atoms with Crippen LogP contribution in [0, 0.1) is 6.92 Å². The zero-order valence-corrected chi connectivity index (χ0v) is 9.23. The van der Waals surface area contributed by atoms with Crippen LogP contribution in [0.5, 0.6) is 5.75 Å². The molecule has 14 heavy (non-hydrogen) atoms. The van der Waals surface area contributed by atoms with Gasteiger partial charge in [0, 0.05) is 6.07 Å². The molecule has 2 nitrogen and oxygen atoms in total. The number of thiocarbonyl (C=S) groups is 1. The molecule has 0 aromatic heterocycles. The Labute approximate surface area is 89.6 Å². The molecular weight excluding hydrogens is 194 g/mol. The molecular formula is C11H13NOS. The summed E-state index contributed by atoms with van der Waals surface area (Å²) in [6, 6.07) is 5.74. The second-order valence-electron chi connectivity index (χ2n) is 3.00. The predicted molar refractivity (Wildman–Crippen MR) is 61.7 cm³/mol. The summed E-state index contributed by atoms with van der Waals surface area (Å²) in [5.74, 6) is 0.873. The van der Waals surface area contributed by atoms with E-state index in [-0.39, 0.29) is 0 Å². The van der Waals surface area contributed by atoms with Gasteiger partial charge >= 0.3 is 0 Å². The molecule has 0 amide bonds. The van der Waals surface area contributed by atoms with Gasteiger partial charge in [-0.3, -0.25) is 0 Å². The predicted octanol–water partition coefficient (Wildman–Crippen LogP) is 3.52. The zero-order valence-electron chi connectivity index (χ0n) is 8.41. The van der Waals surface area contributed by atoms with Crippen molar-refractivity contribution in [2.45, 2.75) is 20.3 Å². The van der Waals surface area contributed by atoms with Crippen LogP contribution in [0.3, 0.4) is 0 Å². The van der Waals surface area contributed by atoms with Crippen LogP contribution < -0.4 is 4.74 Å². The molecule has 0 bridgehead atoms. The van der Waals surface area contributed by atoms with Crippen LogP contribution in [0.1, 0.15) is 18.9 Å². The monoisotopic (exact) mass is 207 g/mol. The van der Waals surface area contributed by atoms with Gasteiger partial charge < -0.3 is 4.74 Å². The van der Waals surface area contributed by atoms with E-state index in [1.807, 2.05) is 25.1 Å². The third-order valence-corrected chi connectivity index (χ3v) is 1.90. The molecule has 1 aromatic carbocycles. The van der Waals surface area contributed by atoms with E-state index in [4.69, 9.17) is 4.74 Å². The molecule has 74 valence electrons. The van der Waals surface area contributed by atoms with Crippen LogP contribution in [0.15, 0.2) is 23.2 Å². The molecule has 1 rings (SSSR count). The summed E-state index contributed by atoms with van der Waals surface area (Å²) >= 11 is 4.54. The molecule has 0 saturated carbocycles. The van der Waals surface area contributed by atoms with Gasteiger partial charge in [-0.25, -0.2) is 0 Å². The van der Waals surface area contributed by atoms with E-state index in [0.29, 0.717) is 0 Å². The first-order valence-electron chi connectivity index (χ1n) is 4.59. The highest BCUT2D eigenvalue weighted by Crippen LogP contribution is 2.24. The molecule has 0 radical (unpaired) electrons. The lowest BCUT2D eigenvalue weighted by molar-refractivity contribution is 0.315. The average Bonchev–Trinajstić information content (AvgIpc) is 2.19. The first kappa shape index (κ1) is 10.9. The van der Waals surface area contributed by atoms with E-state index < -0.39 is 0 Å². The standard InChI is InChI=1S/C11H13NOS/c1-3-6-13-11-7-10(12-8-14)5-4-9(11)2/h4-5,7H,3,6H2,1-2H3. The van der Waals surface area contributed by atoms with Gasteiger partial charge in [0.05, 0.1) is 17.5 Å². The SMILES string of the molecule is CCCOc1cc(N=C=S)ccc1C. The highest BCUT2D eigenvalue weighted by molar-refractivity contribution is 7.78. The van der Waals surface area contributed by atoms with Crippen LogP contribution in [0.2, 0.25) is 0 Å². The van der Waals surface area contributed by atoms with Crippen molar-refractivity contribution >= 4 is 23.1 Å². The maximum atomic E-state index is 5.55. The summed E-state index contributed by atoms with van der Waals surface area (Å²) in [6.45, 7) is 4.82. The van der Waals surface area contributed by atoms with Crippen LogP contribution >= 0.6 is 12.2 Å². The van der Waals surface area contributed by atoms with Gasteiger partial charge in [0.25, 0.3) is 0 Å². The van der Waals surface area contributed by atoms with Crippen molar-refractivity contribution in [3.8, 4) is 5.75 Å². The molecule has 0 aliphatic rings. The van der Waals surface area contributed by atoms with Crippen molar-refractivity contribution in [2.24, 2.45) is 4.99 Å². The lowest BCUT2D eigenvalue weighted by Crippen LogP contribution is -1.96. The molecule has 0 aliphatic carbocycles. The Kier molecular flexibility index (Phi) is 4.30. The Morgan fingerprint density at radius 3 is 2.93 bits per heavy atom. The lowest BCUT2D eigenvalue weighted by atomic mass is 10.2. The summed E-state index contributed by atoms with van der Waals surface area (Å²) in [5.41, 5.74) is 1.90. The van der Waals surface area contributed by atoms with Gasteiger partial charge in [-0.2, -0.15) is 4.99 Å². The third-order valence-electron chi connectivity index (χ3n) is 1.81. The Balaban J connectivity index is 2.89. The number of isothiocyanates is 1. The van der Waals surface area contributed by atoms with Gasteiger partial charge in [0.15, 0.2) is 0 Å². The van der Waals surface area contributed by atoms with Crippen LogP contribution in [0.25, 0.3) is 0 Å². The van der Waals surface area contributed by atoms with Crippen molar-refractivity contribution in [3.05, 3.63) is 23.8 Å². The van der Waals surface area contributed by atoms with Crippen molar-refractivity contribution in [1.82, 2.24) is 0 Å². The number of aliphatic imine (C=N–C) groups is 1. The first-order valence-corrected chi connectivity index (χ1v) is 5.00. The quantitative estimate of drug-likeness (QED) is 0.556. The van der Waals surface area contributed by atoms with Crippen LogP contribution in [-0.4, -0.2) is 11.8 Å². The maximum Gasteiger partial charge on any atom is 0.124 e. The Bertz CT molecular complexity index is 356. The molecule has 0 saturated heterocycles. The van der Waals surface area contributed by atoms with Gasteiger partial charge in [-0.1, -0.05) is 13.0 Å². The highest BCUT2D eigenvalue weighted by Gasteiger charge is 1.99. The fourth-order valence-corrected chi connectivity index (χ4v) is 1.18. The summed E-state index contributed by atoms with van der Waals surface area (Å²) in [6.07, 6.45) is 1.00. The van der Waals surface area contributed by atoms with Crippen molar-refractivity contribution in [3.63, 3.8) is 0 Å². The van der Waals surface area contributed by atoms with E-state index in [2.05, 4.69) is 29.3 Å². The Morgan fingerprint density at radius 1 is 1.50 bits per heavy atom. The van der Waals surface area contributed by atoms with Gasteiger partial charge in [0.2, 0.25) is 0 Å². The van der Waals surface area contributed by atoms with Gasteiger partial charge in [0.1, 0.15) is 5.75 Å². The summed E-state index contributed by atoms with van der Waals surface area (Å²) < 4.78 is 5.55. The van der Waals surface area contributed by atoms with E-state index in [1.165, 1.54) is 0 Å². The molecule has 3 heteroatoms. The van der Waals surface area contributed by atoms with E-state index in [1.54, 1.807) is 0 Å². The molecule has 0 N–H and O–H groups in total.